The second-order valence-corrected chi connectivity index (χ2v) is 7.10. The van der Waals surface area contributed by atoms with Crippen molar-refractivity contribution in [1.29, 1.82) is 0 Å². The predicted molar refractivity (Wildman–Crippen MR) is 111 cm³/mol. The summed E-state index contributed by atoms with van der Waals surface area (Å²) in [6, 6.07) is 7.74. The van der Waals surface area contributed by atoms with Gasteiger partial charge in [0.2, 0.25) is 5.82 Å². The molecule has 3 aromatic rings. The predicted octanol–water partition coefficient (Wildman–Crippen LogP) is 0.509. The SMILES string of the molecule is CCONc1nc(C#Cc2ccc(C)cc2)nc2c1ncn2[C@@H]1O[C@H](CO)[C@@H](O)[C@H]1O. The van der Waals surface area contributed by atoms with E-state index < -0.39 is 31.1 Å². The van der Waals surface area contributed by atoms with E-state index in [1.165, 1.54) is 10.9 Å². The number of ether oxygens (including phenoxy) is 1. The summed E-state index contributed by atoms with van der Waals surface area (Å²) in [4.78, 5) is 18.4. The zero-order chi connectivity index (χ0) is 22.0. The van der Waals surface area contributed by atoms with Crippen LogP contribution in [0.4, 0.5) is 5.82 Å². The lowest BCUT2D eigenvalue weighted by molar-refractivity contribution is -0.0511. The van der Waals surface area contributed by atoms with E-state index in [1.807, 2.05) is 38.1 Å². The average Bonchev–Trinajstić information content (AvgIpc) is 3.32. The lowest BCUT2D eigenvalue weighted by atomic mass is 10.1. The first kappa shape index (κ1) is 21.2. The second-order valence-electron chi connectivity index (χ2n) is 7.10. The largest absolute Gasteiger partial charge is 0.394 e. The standard InChI is InChI=1S/C21H23N5O5/c1-3-30-25-19-16-20(24-15(23-19)9-8-13-6-4-12(2)5-7-13)26(11-22-16)21-18(29)17(28)14(10-27)31-21/h4-7,11,14,17-18,21,27-29H,3,10H2,1-2H3,(H,23,24,25)/t14-,17-,18-,21-/m1/s1. The molecule has 1 aromatic carbocycles. The van der Waals surface area contributed by atoms with E-state index in [4.69, 9.17) is 9.57 Å². The summed E-state index contributed by atoms with van der Waals surface area (Å²) in [5.41, 5.74) is 5.40. The molecule has 10 heteroatoms. The van der Waals surface area contributed by atoms with Crippen molar-refractivity contribution in [3.05, 3.63) is 47.5 Å². The monoisotopic (exact) mass is 425 g/mol. The van der Waals surface area contributed by atoms with Gasteiger partial charge < -0.3 is 20.1 Å². The highest BCUT2D eigenvalue weighted by Crippen LogP contribution is 2.32. The lowest BCUT2D eigenvalue weighted by Crippen LogP contribution is -2.33. The summed E-state index contributed by atoms with van der Waals surface area (Å²) >= 11 is 0. The molecule has 4 N–H and O–H groups in total. The number of aliphatic hydroxyl groups is 3. The molecule has 4 rings (SSSR count). The van der Waals surface area contributed by atoms with Crippen LogP contribution in [0.25, 0.3) is 11.2 Å². The first-order valence-electron chi connectivity index (χ1n) is 9.85. The molecular weight excluding hydrogens is 402 g/mol. The van der Waals surface area contributed by atoms with Crippen LogP contribution >= 0.6 is 0 Å². The number of nitrogens with one attached hydrogen (secondary N) is 1. The topological polar surface area (TPSA) is 135 Å². The zero-order valence-corrected chi connectivity index (χ0v) is 17.1. The van der Waals surface area contributed by atoms with Gasteiger partial charge in [-0.25, -0.2) is 15.4 Å². The van der Waals surface area contributed by atoms with Crippen molar-refractivity contribution in [3.63, 3.8) is 0 Å². The van der Waals surface area contributed by atoms with Gasteiger partial charge in [-0.2, -0.15) is 4.98 Å². The van der Waals surface area contributed by atoms with Crippen LogP contribution in [0, 0.1) is 18.8 Å². The molecule has 0 amide bonds. The average molecular weight is 425 g/mol. The number of hydrogen-bond donors (Lipinski definition) is 4. The van der Waals surface area contributed by atoms with Crippen LogP contribution in [0.15, 0.2) is 30.6 Å². The fraction of sp³-hybridized carbons (Fsp3) is 0.381. The third kappa shape index (κ3) is 4.23. The van der Waals surface area contributed by atoms with Crippen molar-refractivity contribution in [2.45, 2.75) is 38.4 Å². The maximum Gasteiger partial charge on any atom is 0.209 e. The maximum atomic E-state index is 10.4. The molecule has 2 aromatic heterocycles. The summed E-state index contributed by atoms with van der Waals surface area (Å²) < 4.78 is 7.09. The van der Waals surface area contributed by atoms with E-state index in [9.17, 15) is 15.3 Å². The Morgan fingerprint density at radius 2 is 1.94 bits per heavy atom. The van der Waals surface area contributed by atoms with E-state index in [0.717, 1.165) is 11.1 Å². The number of aliphatic hydroxyl groups excluding tert-OH is 3. The summed E-state index contributed by atoms with van der Waals surface area (Å²) in [6.07, 6.45) is -2.98. The highest BCUT2D eigenvalue weighted by molar-refractivity contribution is 5.83. The number of anilines is 1. The summed E-state index contributed by atoms with van der Waals surface area (Å²) in [6.45, 7) is 3.78. The molecule has 162 valence electrons. The Balaban J connectivity index is 1.76. The third-order valence-electron chi connectivity index (χ3n) is 4.90. The van der Waals surface area contributed by atoms with Crippen LogP contribution in [-0.2, 0) is 9.57 Å². The molecule has 0 aliphatic carbocycles. The molecule has 1 fully saturated rings. The Morgan fingerprint density at radius 1 is 1.16 bits per heavy atom. The van der Waals surface area contributed by atoms with E-state index in [0.29, 0.717) is 23.6 Å². The van der Waals surface area contributed by atoms with Gasteiger partial charge in [-0.1, -0.05) is 23.6 Å². The smallest absolute Gasteiger partial charge is 0.209 e. The molecule has 0 spiro atoms. The van der Waals surface area contributed by atoms with Crippen LogP contribution in [0.3, 0.4) is 0 Å². The van der Waals surface area contributed by atoms with Crippen molar-refractivity contribution < 1.29 is 24.9 Å². The molecule has 0 saturated carbocycles. The molecule has 0 radical (unpaired) electrons. The quantitative estimate of drug-likeness (QED) is 0.341. The molecule has 10 nitrogen and oxygen atoms in total. The Bertz CT molecular complexity index is 1120. The van der Waals surface area contributed by atoms with Crippen LogP contribution in [0.2, 0.25) is 0 Å². The van der Waals surface area contributed by atoms with E-state index >= 15 is 0 Å². The van der Waals surface area contributed by atoms with Crippen LogP contribution in [0.5, 0.6) is 0 Å². The highest BCUT2D eigenvalue weighted by atomic mass is 16.6. The van der Waals surface area contributed by atoms with Gasteiger partial charge in [-0.3, -0.25) is 9.40 Å². The fourth-order valence-corrected chi connectivity index (χ4v) is 3.25. The fourth-order valence-electron chi connectivity index (χ4n) is 3.25. The number of fused-ring (bicyclic) bond motifs is 1. The van der Waals surface area contributed by atoms with Crippen LogP contribution in [-0.4, -0.2) is 66.4 Å². The first-order valence-corrected chi connectivity index (χ1v) is 9.85. The minimum Gasteiger partial charge on any atom is -0.394 e. The number of aromatic nitrogens is 4. The van der Waals surface area contributed by atoms with Crippen LogP contribution in [0.1, 0.15) is 30.1 Å². The molecular formula is C21H23N5O5. The van der Waals surface area contributed by atoms with Crippen molar-refractivity contribution >= 4 is 17.0 Å². The van der Waals surface area contributed by atoms with Crippen molar-refractivity contribution in [2.75, 3.05) is 18.7 Å². The molecule has 1 saturated heterocycles. The van der Waals surface area contributed by atoms with E-state index in [-0.39, 0.29) is 5.82 Å². The maximum absolute atomic E-state index is 10.4. The molecule has 31 heavy (non-hydrogen) atoms. The number of rotatable bonds is 5. The number of imidazole rings is 1. The number of aryl methyl sites for hydroxylation is 1. The van der Waals surface area contributed by atoms with Gasteiger partial charge in [-0.05, 0) is 31.9 Å². The minimum absolute atomic E-state index is 0.212. The van der Waals surface area contributed by atoms with E-state index in [2.05, 4.69) is 32.3 Å². The molecule has 3 heterocycles. The number of benzene rings is 1. The third-order valence-corrected chi connectivity index (χ3v) is 4.90. The Morgan fingerprint density at radius 3 is 2.61 bits per heavy atom. The summed E-state index contributed by atoms with van der Waals surface area (Å²) in [5.74, 6) is 6.48. The molecule has 1 aliphatic heterocycles. The Hall–Kier alpha value is -3.07. The molecule has 1 aliphatic rings. The minimum atomic E-state index is -1.27. The zero-order valence-electron chi connectivity index (χ0n) is 17.1. The van der Waals surface area contributed by atoms with Crippen LogP contribution < -0.4 is 5.48 Å². The van der Waals surface area contributed by atoms with Gasteiger partial charge >= 0.3 is 0 Å². The van der Waals surface area contributed by atoms with Gasteiger partial charge in [0.25, 0.3) is 0 Å². The molecule has 4 atom stereocenters. The van der Waals surface area contributed by atoms with Gasteiger partial charge in [0.05, 0.1) is 19.5 Å². The van der Waals surface area contributed by atoms with Crippen molar-refractivity contribution in [2.24, 2.45) is 0 Å². The molecule has 0 bridgehead atoms. The normalized spacial score (nSPS) is 23.0. The molecule has 0 unspecified atom stereocenters. The summed E-state index contributed by atoms with van der Waals surface area (Å²) in [5, 5.41) is 29.9. The lowest BCUT2D eigenvalue weighted by Gasteiger charge is -2.16. The van der Waals surface area contributed by atoms with Gasteiger partial charge in [0, 0.05) is 5.56 Å². The Labute approximate surface area is 178 Å². The second kappa shape index (κ2) is 8.97. The first-order chi connectivity index (χ1) is 15.0. The Kier molecular flexibility index (Phi) is 6.13. The van der Waals surface area contributed by atoms with E-state index in [1.54, 1.807) is 0 Å². The van der Waals surface area contributed by atoms with Crippen molar-refractivity contribution in [1.82, 2.24) is 19.5 Å². The van der Waals surface area contributed by atoms with Gasteiger partial charge in [-0.15, -0.1) is 0 Å². The number of hydrogen-bond acceptors (Lipinski definition) is 9. The number of nitrogens with zero attached hydrogens (tertiary/aromatic N) is 4. The summed E-state index contributed by atoms with van der Waals surface area (Å²) in [7, 11) is 0. The van der Waals surface area contributed by atoms with Gasteiger partial charge in [0.15, 0.2) is 23.2 Å². The highest BCUT2D eigenvalue weighted by Gasteiger charge is 2.44. The van der Waals surface area contributed by atoms with Gasteiger partial charge in [0.1, 0.15) is 18.3 Å². The van der Waals surface area contributed by atoms with Crippen molar-refractivity contribution in [3.8, 4) is 11.8 Å².